The van der Waals surface area contributed by atoms with Gasteiger partial charge in [0.1, 0.15) is 0 Å². The molecule has 1 aliphatic heterocycles. The molecule has 1 saturated heterocycles. The van der Waals surface area contributed by atoms with Crippen LogP contribution >= 0.6 is 11.3 Å². The molecule has 9 heteroatoms. The van der Waals surface area contributed by atoms with Gasteiger partial charge in [-0.25, -0.2) is 8.42 Å². The second kappa shape index (κ2) is 9.27. The molecule has 0 atom stereocenters. The fraction of sp³-hybridized carbons (Fsp3) is 0.200. The van der Waals surface area contributed by atoms with Crippen molar-refractivity contribution in [2.24, 2.45) is 4.99 Å². The van der Waals surface area contributed by atoms with Crippen LogP contribution in [-0.2, 0) is 21.3 Å². The number of benzene rings is 3. The highest BCUT2D eigenvalue weighted by atomic mass is 32.2. The Labute approximate surface area is 201 Å². The van der Waals surface area contributed by atoms with E-state index in [1.165, 1.54) is 39.9 Å². The first kappa shape index (κ1) is 22.7. The van der Waals surface area contributed by atoms with E-state index in [9.17, 15) is 13.2 Å². The summed E-state index contributed by atoms with van der Waals surface area (Å²) in [4.78, 5) is 18.1. The first-order valence-electron chi connectivity index (χ1n) is 10.9. The van der Waals surface area contributed by atoms with E-state index >= 15 is 0 Å². The Balaban J connectivity index is 1.51. The van der Waals surface area contributed by atoms with Gasteiger partial charge < -0.3 is 9.30 Å². The average molecular weight is 494 g/mol. The van der Waals surface area contributed by atoms with Crippen molar-refractivity contribution in [2.45, 2.75) is 11.4 Å². The van der Waals surface area contributed by atoms with Crippen molar-refractivity contribution in [2.75, 3.05) is 26.3 Å². The number of nitrogens with zero attached hydrogens (tertiary/aromatic N) is 3. The summed E-state index contributed by atoms with van der Waals surface area (Å²) in [5.74, 6) is -0.427. The van der Waals surface area contributed by atoms with Crippen molar-refractivity contribution in [3.05, 3.63) is 83.7 Å². The lowest BCUT2D eigenvalue weighted by Crippen LogP contribution is -2.40. The molecule has 0 radical (unpaired) electrons. The molecule has 7 nitrogen and oxygen atoms in total. The number of carbonyl (C=O) groups excluding carboxylic acids is 1. The molecule has 3 aromatic carbocycles. The summed E-state index contributed by atoms with van der Waals surface area (Å²) in [6.07, 6.45) is 1.77. The van der Waals surface area contributed by atoms with Crippen LogP contribution in [0.5, 0.6) is 0 Å². The zero-order valence-electron chi connectivity index (χ0n) is 18.4. The third-order valence-corrected chi connectivity index (χ3v) is 8.83. The minimum atomic E-state index is -3.62. The minimum absolute atomic E-state index is 0.154. The summed E-state index contributed by atoms with van der Waals surface area (Å²) in [6, 6.07) is 18.2. The first-order chi connectivity index (χ1) is 16.5. The predicted octanol–water partition coefficient (Wildman–Crippen LogP) is 3.80. The van der Waals surface area contributed by atoms with Gasteiger partial charge in [0, 0.05) is 30.6 Å². The van der Waals surface area contributed by atoms with E-state index < -0.39 is 15.9 Å². The Morgan fingerprint density at radius 1 is 1.06 bits per heavy atom. The molecule has 0 N–H and O–H groups in total. The van der Waals surface area contributed by atoms with Crippen molar-refractivity contribution in [1.82, 2.24) is 8.87 Å². The number of sulfonamides is 1. The second-order valence-electron chi connectivity index (χ2n) is 7.88. The largest absolute Gasteiger partial charge is 0.379 e. The molecule has 0 unspecified atom stereocenters. The van der Waals surface area contributed by atoms with Crippen LogP contribution in [0.1, 0.15) is 10.4 Å². The van der Waals surface area contributed by atoms with Gasteiger partial charge >= 0.3 is 0 Å². The van der Waals surface area contributed by atoms with Crippen molar-refractivity contribution in [3.63, 3.8) is 0 Å². The Morgan fingerprint density at radius 3 is 2.53 bits per heavy atom. The van der Waals surface area contributed by atoms with Gasteiger partial charge in [-0.05, 0) is 35.7 Å². The van der Waals surface area contributed by atoms with Crippen LogP contribution in [0.3, 0.4) is 0 Å². The molecule has 0 aliphatic carbocycles. The van der Waals surface area contributed by atoms with Crippen LogP contribution in [0.15, 0.2) is 83.2 Å². The van der Waals surface area contributed by atoms with Crippen LogP contribution in [0.25, 0.3) is 21.0 Å². The number of allylic oxidation sites excluding steroid dienone is 1. The minimum Gasteiger partial charge on any atom is -0.379 e. The molecule has 34 heavy (non-hydrogen) atoms. The quantitative estimate of drug-likeness (QED) is 0.396. The molecule has 1 fully saturated rings. The SMILES string of the molecule is C=CCn1c(=NC(=O)c2ccc(S(=O)(=O)N3CCOCC3)cc2)sc2c3ccccc3ccc21. The lowest BCUT2D eigenvalue weighted by Gasteiger charge is -2.26. The van der Waals surface area contributed by atoms with Crippen LogP contribution in [-0.4, -0.2) is 49.5 Å². The standard InChI is InChI=1S/C25H23N3O4S2/c1-2-13-28-22-12-9-18-5-3-4-6-21(18)23(22)33-25(28)26-24(29)19-7-10-20(11-8-19)34(30,31)27-14-16-32-17-15-27/h2-12H,1,13-17H2. The number of fused-ring (bicyclic) bond motifs is 3. The summed E-state index contributed by atoms with van der Waals surface area (Å²) < 4.78 is 35.3. The van der Waals surface area contributed by atoms with Gasteiger partial charge in [-0.3, -0.25) is 4.79 Å². The molecule has 0 saturated carbocycles. The smallest absolute Gasteiger partial charge is 0.279 e. The molecule has 1 aliphatic rings. The summed E-state index contributed by atoms with van der Waals surface area (Å²) in [5, 5.41) is 2.23. The molecule has 4 aromatic rings. The molecule has 1 amide bonds. The number of thiazole rings is 1. The molecule has 5 rings (SSSR count). The summed E-state index contributed by atoms with van der Waals surface area (Å²) in [7, 11) is -3.62. The van der Waals surface area contributed by atoms with Gasteiger partial charge in [-0.1, -0.05) is 47.7 Å². The highest BCUT2D eigenvalue weighted by Gasteiger charge is 2.26. The van der Waals surface area contributed by atoms with E-state index in [0.717, 1.165) is 21.0 Å². The number of rotatable bonds is 5. The highest BCUT2D eigenvalue weighted by Crippen LogP contribution is 2.27. The van der Waals surface area contributed by atoms with E-state index in [1.807, 2.05) is 22.8 Å². The number of hydrogen-bond donors (Lipinski definition) is 0. The monoisotopic (exact) mass is 493 g/mol. The Bertz CT molecular complexity index is 1560. The molecule has 0 bridgehead atoms. The number of morpholine rings is 1. The van der Waals surface area contributed by atoms with Crippen molar-refractivity contribution in [1.29, 1.82) is 0 Å². The molecule has 1 aromatic heterocycles. The van der Waals surface area contributed by atoms with E-state index in [1.54, 1.807) is 6.08 Å². The Kier molecular flexibility index (Phi) is 6.18. The summed E-state index contributed by atoms with van der Waals surface area (Å²) >= 11 is 1.46. The van der Waals surface area contributed by atoms with Gasteiger partial charge in [-0.15, -0.1) is 6.58 Å². The summed E-state index contributed by atoms with van der Waals surface area (Å²) in [6.45, 7) is 5.76. The van der Waals surface area contributed by atoms with Crippen molar-refractivity contribution < 1.29 is 17.9 Å². The molecular weight excluding hydrogens is 470 g/mol. The first-order valence-corrected chi connectivity index (χ1v) is 13.1. The zero-order valence-corrected chi connectivity index (χ0v) is 20.0. The lowest BCUT2D eigenvalue weighted by atomic mass is 10.1. The Hall–Kier alpha value is -3.11. The second-order valence-corrected chi connectivity index (χ2v) is 10.8. The number of amides is 1. The fourth-order valence-electron chi connectivity index (χ4n) is 4.05. The van der Waals surface area contributed by atoms with Crippen molar-refractivity contribution >= 4 is 48.3 Å². The number of ether oxygens (including phenoxy) is 1. The van der Waals surface area contributed by atoms with E-state index in [4.69, 9.17) is 4.74 Å². The van der Waals surface area contributed by atoms with Crippen LogP contribution < -0.4 is 4.80 Å². The molecular formula is C25H23N3O4S2. The molecule has 0 spiro atoms. The fourth-order valence-corrected chi connectivity index (χ4v) is 6.63. The van der Waals surface area contributed by atoms with Gasteiger partial charge in [0.2, 0.25) is 10.0 Å². The zero-order chi connectivity index (χ0) is 23.7. The van der Waals surface area contributed by atoms with Gasteiger partial charge in [-0.2, -0.15) is 9.30 Å². The summed E-state index contributed by atoms with van der Waals surface area (Å²) in [5.41, 5.74) is 1.32. The lowest BCUT2D eigenvalue weighted by molar-refractivity contribution is 0.0730. The van der Waals surface area contributed by atoms with E-state index in [2.05, 4.69) is 29.8 Å². The van der Waals surface area contributed by atoms with Gasteiger partial charge in [0.15, 0.2) is 4.80 Å². The predicted molar refractivity (Wildman–Crippen MR) is 133 cm³/mol. The third-order valence-electron chi connectivity index (χ3n) is 5.79. The maximum absolute atomic E-state index is 13.0. The maximum Gasteiger partial charge on any atom is 0.279 e. The van der Waals surface area contributed by atoms with E-state index in [0.29, 0.717) is 43.2 Å². The van der Waals surface area contributed by atoms with Crippen LogP contribution in [0, 0.1) is 0 Å². The number of hydrogen-bond acceptors (Lipinski definition) is 5. The third kappa shape index (κ3) is 4.12. The number of aromatic nitrogens is 1. The molecule has 174 valence electrons. The number of carbonyl (C=O) groups is 1. The maximum atomic E-state index is 13.0. The van der Waals surface area contributed by atoms with E-state index in [-0.39, 0.29) is 4.90 Å². The van der Waals surface area contributed by atoms with Crippen LogP contribution in [0.2, 0.25) is 0 Å². The van der Waals surface area contributed by atoms with Gasteiger partial charge in [0.25, 0.3) is 5.91 Å². The molecule has 2 heterocycles. The highest BCUT2D eigenvalue weighted by molar-refractivity contribution is 7.89. The van der Waals surface area contributed by atoms with Gasteiger partial charge in [0.05, 0.1) is 28.3 Å². The topological polar surface area (TPSA) is 81.0 Å². The van der Waals surface area contributed by atoms with Crippen LogP contribution in [0.4, 0.5) is 0 Å². The van der Waals surface area contributed by atoms with Crippen molar-refractivity contribution in [3.8, 4) is 0 Å². The normalized spacial score (nSPS) is 15.7. The Morgan fingerprint density at radius 2 is 1.79 bits per heavy atom. The average Bonchev–Trinajstić information content (AvgIpc) is 3.22.